The van der Waals surface area contributed by atoms with E-state index in [2.05, 4.69) is 15.4 Å². The number of rotatable bonds is 7. The van der Waals surface area contributed by atoms with Crippen LogP contribution in [0.3, 0.4) is 0 Å². The molecule has 2 aromatic rings. The van der Waals surface area contributed by atoms with Gasteiger partial charge in [0.2, 0.25) is 0 Å². The number of urea groups is 1. The van der Waals surface area contributed by atoms with E-state index >= 15 is 0 Å². The monoisotopic (exact) mass is 477 g/mol. The van der Waals surface area contributed by atoms with E-state index in [9.17, 15) is 22.8 Å². The number of amides is 3. The van der Waals surface area contributed by atoms with E-state index in [0.29, 0.717) is 5.75 Å². The molecule has 2 rings (SSSR count). The Hall–Kier alpha value is -3.60. The van der Waals surface area contributed by atoms with Gasteiger partial charge in [-0.05, 0) is 64.1 Å². The third-order valence-electron chi connectivity index (χ3n) is 4.13. The predicted molar refractivity (Wildman–Crippen MR) is 122 cm³/mol. The Morgan fingerprint density at radius 3 is 2.15 bits per heavy atom. The summed E-state index contributed by atoms with van der Waals surface area (Å²) in [7, 11) is -2.52. The van der Waals surface area contributed by atoms with Gasteiger partial charge >= 0.3 is 12.0 Å². The number of sulfonamides is 1. The Balaban J connectivity index is 2.03. The van der Waals surface area contributed by atoms with Crippen molar-refractivity contribution < 1.29 is 32.3 Å². The molecule has 0 heterocycles. The van der Waals surface area contributed by atoms with Gasteiger partial charge in [-0.15, -0.1) is 0 Å². The first-order chi connectivity index (χ1) is 15.3. The molecule has 10 nitrogen and oxygen atoms in total. The summed E-state index contributed by atoms with van der Waals surface area (Å²) >= 11 is 0. The molecule has 0 radical (unpaired) electrons. The number of methoxy groups -OCH3 is 1. The molecule has 0 aliphatic carbocycles. The summed E-state index contributed by atoms with van der Waals surface area (Å²) in [5.74, 6) is -1.30. The van der Waals surface area contributed by atoms with Gasteiger partial charge in [0.25, 0.3) is 15.9 Å². The second kappa shape index (κ2) is 10.3. The topological polar surface area (TPSA) is 140 Å². The largest absolute Gasteiger partial charge is 0.495 e. The first-order valence-corrected chi connectivity index (χ1v) is 11.4. The molecule has 0 aliphatic rings. The minimum atomic E-state index is -3.94. The van der Waals surface area contributed by atoms with E-state index in [1.54, 1.807) is 45.0 Å². The predicted octanol–water partition coefficient (Wildman–Crippen LogP) is 2.67. The third kappa shape index (κ3) is 7.49. The van der Waals surface area contributed by atoms with Crippen molar-refractivity contribution in [3.05, 3.63) is 54.1 Å². The van der Waals surface area contributed by atoms with E-state index < -0.39 is 39.6 Å². The number of carbonyl (C=O) groups excluding carboxylic acids is 3. The van der Waals surface area contributed by atoms with Crippen LogP contribution in [0.15, 0.2) is 53.4 Å². The number of imide groups is 1. The van der Waals surface area contributed by atoms with Crippen LogP contribution in [0.1, 0.15) is 38.1 Å². The minimum Gasteiger partial charge on any atom is -0.495 e. The Morgan fingerprint density at radius 1 is 0.970 bits per heavy atom. The van der Waals surface area contributed by atoms with E-state index in [1.165, 1.54) is 38.3 Å². The van der Waals surface area contributed by atoms with Crippen LogP contribution in [0.4, 0.5) is 10.5 Å². The zero-order valence-electron chi connectivity index (χ0n) is 19.0. The number of para-hydroxylation sites is 2. The molecule has 0 saturated heterocycles. The maximum atomic E-state index is 12.6. The van der Waals surface area contributed by atoms with Crippen LogP contribution in [0.25, 0.3) is 0 Å². The molecule has 0 bridgehead atoms. The quantitative estimate of drug-likeness (QED) is 0.521. The van der Waals surface area contributed by atoms with Crippen molar-refractivity contribution in [1.29, 1.82) is 0 Å². The summed E-state index contributed by atoms with van der Waals surface area (Å²) in [6, 6.07) is 10.8. The highest BCUT2D eigenvalue weighted by Gasteiger charge is 2.23. The van der Waals surface area contributed by atoms with Gasteiger partial charge in [0.05, 0.1) is 23.3 Å². The second-order valence-corrected chi connectivity index (χ2v) is 9.75. The number of esters is 1. The van der Waals surface area contributed by atoms with Crippen molar-refractivity contribution in [1.82, 2.24) is 10.6 Å². The summed E-state index contributed by atoms with van der Waals surface area (Å²) in [5.41, 5.74) is -0.254. The summed E-state index contributed by atoms with van der Waals surface area (Å²) in [4.78, 5) is 36.1. The van der Waals surface area contributed by atoms with Gasteiger partial charge in [0.1, 0.15) is 5.75 Å². The molecule has 0 saturated carbocycles. The Kier molecular flexibility index (Phi) is 8.04. The number of anilines is 1. The number of benzene rings is 2. The Morgan fingerprint density at radius 2 is 1.58 bits per heavy atom. The van der Waals surface area contributed by atoms with Gasteiger partial charge in [-0.25, -0.2) is 18.0 Å². The number of nitrogens with one attached hydrogen (secondary N) is 3. The van der Waals surface area contributed by atoms with E-state index in [0.717, 1.165) is 0 Å². The van der Waals surface area contributed by atoms with Crippen molar-refractivity contribution in [3.63, 3.8) is 0 Å². The van der Waals surface area contributed by atoms with Crippen molar-refractivity contribution in [3.8, 4) is 5.75 Å². The lowest BCUT2D eigenvalue weighted by atomic mass is 10.1. The highest BCUT2D eigenvalue weighted by molar-refractivity contribution is 7.92. The third-order valence-corrected chi connectivity index (χ3v) is 5.51. The Labute approximate surface area is 192 Å². The summed E-state index contributed by atoms with van der Waals surface area (Å²) < 4.78 is 37.9. The van der Waals surface area contributed by atoms with Crippen LogP contribution in [0.2, 0.25) is 0 Å². The van der Waals surface area contributed by atoms with E-state index in [-0.39, 0.29) is 16.1 Å². The molecule has 0 aromatic heterocycles. The summed E-state index contributed by atoms with van der Waals surface area (Å²) in [5, 5.41) is 4.64. The molecule has 0 aliphatic heterocycles. The lowest BCUT2D eigenvalue weighted by molar-refractivity contribution is -0.127. The van der Waals surface area contributed by atoms with E-state index in [4.69, 9.17) is 9.47 Å². The van der Waals surface area contributed by atoms with Gasteiger partial charge in [0.15, 0.2) is 6.10 Å². The smallest absolute Gasteiger partial charge is 0.338 e. The van der Waals surface area contributed by atoms with Crippen LogP contribution in [-0.2, 0) is 19.6 Å². The first kappa shape index (κ1) is 25.7. The molecular weight excluding hydrogens is 450 g/mol. The summed E-state index contributed by atoms with van der Waals surface area (Å²) in [6.45, 7) is 6.55. The lowest BCUT2D eigenvalue weighted by Crippen LogP contribution is -2.50. The molecule has 0 spiro atoms. The van der Waals surface area contributed by atoms with Crippen molar-refractivity contribution in [2.24, 2.45) is 0 Å². The lowest BCUT2D eigenvalue weighted by Gasteiger charge is -2.21. The van der Waals surface area contributed by atoms with Gasteiger partial charge in [-0.1, -0.05) is 12.1 Å². The van der Waals surface area contributed by atoms with Crippen LogP contribution in [0.5, 0.6) is 5.75 Å². The average Bonchev–Trinajstić information content (AvgIpc) is 2.72. The Bertz CT molecular complexity index is 1120. The van der Waals surface area contributed by atoms with Gasteiger partial charge in [0, 0.05) is 5.54 Å². The first-order valence-electron chi connectivity index (χ1n) is 9.92. The van der Waals surface area contributed by atoms with Crippen LogP contribution in [-0.4, -0.2) is 45.1 Å². The molecule has 3 N–H and O–H groups in total. The normalized spacial score (nSPS) is 12.3. The van der Waals surface area contributed by atoms with Crippen molar-refractivity contribution >= 4 is 33.6 Å². The molecule has 11 heteroatoms. The number of hydrogen-bond acceptors (Lipinski definition) is 7. The van der Waals surface area contributed by atoms with Crippen LogP contribution in [0, 0.1) is 0 Å². The molecule has 1 unspecified atom stereocenters. The molecule has 2 aromatic carbocycles. The zero-order valence-corrected chi connectivity index (χ0v) is 19.8. The van der Waals surface area contributed by atoms with Gasteiger partial charge < -0.3 is 14.8 Å². The second-order valence-electron chi connectivity index (χ2n) is 8.07. The number of ether oxygens (including phenoxy) is 2. The number of hydrogen-bond donors (Lipinski definition) is 3. The average molecular weight is 478 g/mol. The molecule has 1 atom stereocenters. The van der Waals surface area contributed by atoms with Crippen LogP contribution < -0.4 is 20.1 Å². The van der Waals surface area contributed by atoms with Crippen LogP contribution >= 0.6 is 0 Å². The molecule has 33 heavy (non-hydrogen) atoms. The fourth-order valence-electron chi connectivity index (χ4n) is 2.57. The van der Waals surface area contributed by atoms with Crippen molar-refractivity contribution in [2.45, 2.75) is 44.2 Å². The number of carbonyl (C=O) groups is 3. The highest BCUT2D eigenvalue weighted by Crippen LogP contribution is 2.26. The molecule has 3 amide bonds. The van der Waals surface area contributed by atoms with Gasteiger partial charge in [-0.3, -0.25) is 14.8 Å². The van der Waals surface area contributed by atoms with Gasteiger partial charge in [-0.2, -0.15) is 0 Å². The highest BCUT2D eigenvalue weighted by atomic mass is 32.2. The fraction of sp³-hybridized carbons (Fsp3) is 0.318. The maximum absolute atomic E-state index is 12.6. The fourth-order valence-corrected chi connectivity index (χ4v) is 3.64. The molecule has 0 fully saturated rings. The zero-order chi connectivity index (χ0) is 24.8. The molecule has 178 valence electrons. The standard InChI is InChI=1S/C22H27N3O7S/c1-14(19(26)23-21(28)24-22(2,3)4)32-20(27)15-10-12-16(13-11-15)33(29,30)25-17-8-6-7-9-18(17)31-5/h6-14,25H,1-5H3,(H2,23,24,26,28). The maximum Gasteiger partial charge on any atom is 0.338 e. The SMILES string of the molecule is COc1ccccc1NS(=O)(=O)c1ccc(C(=O)OC(C)C(=O)NC(=O)NC(C)(C)C)cc1. The minimum absolute atomic E-state index is 0.0324. The van der Waals surface area contributed by atoms with Crippen molar-refractivity contribution in [2.75, 3.05) is 11.8 Å². The van der Waals surface area contributed by atoms with E-state index in [1.807, 2.05) is 0 Å². The molecular formula is C22H27N3O7S. The summed E-state index contributed by atoms with van der Waals surface area (Å²) in [6.07, 6.45) is -1.25.